The van der Waals surface area contributed by atoms with Crippen LogP contribution in [0.1, 0.15) is 34.5 Å². The zero-order chi connectivity index (χ0) is 26.2. The van der Waals surface area contributed by atoms with Crippen molar-refractivity contribution in [2.24, 2.45) is 7.05 Å². The highest BCUT2D eigenvalue weighted by atomic mass is 19.1. The van der Waals surface area contributed by atoms with Gasteiger partial charge in [-0.25, -0.2) is 9.37 Å². The summed E-state index contributed by atoms with van der Waals surface area (Å²) in [5.74, 6) is -0.0763. The smallest absolute Gasteiger partial charge is 0.253 e. The number of nitrogens with one attached hydrogen (secondary N) is 1. The molecule has 0 bridgehead atoms. The van der Waals surface area contributed by atoms with Gasteiger partial charge in [0.2, 0.25) is 0 Å². The Hall–Kier alpha value is -3.78. The van der Waals surface area contributed by atoms with Crippen molar-refractivity contribution >= 4 is 22.6 Å². The number of pyridine rings is 2. The number of carbonyl (C=O) groups is 1. The van der Waals surface area contributed by atoms with E-state index in [9.17, 15) is 4.79 Å². The molecule has 4 heterocycles. The zero-order valence-electron chi connectivity index (χ0n) is 21.8. The molecule has 37 heavy (non-hydrogen) atoms. The molecule has 1 aliphatic rings. The van der Waals surface area contributed by atoms with Crippen molar-refractivity contribution in [3.8, 4) is 11.3 Å². The van der Waals surface area contributed by atoms with E-state index < -0.39 is 5.67 Å². The van der Waals surface area contributed by atoms with E-state index in [2.05, 4.69) is 30.8 Å². The standard InChI is InChI=1S/C29H33FN6O/c1-31-22-9-10-26(33-18-22)24-11-14-32-27-25(24)17-23(35(27)4)19-36-15-12-29(30,13-16-36)21-7-5-20(6-8-21)28(37)34(2)3/h5-11,14,17-18,31H,12-13,15-16,19H2,1-4H3. The number of hydrogen-bond acceptors (Lipinski definition) is 5. The predicted molar refractivity (Wildman–Crippen MR) is 145 cm³/mol. The molecule has 0 aliphatic carbocycles. The summed E-state index contributed by atoms with van der Waals surface area (Å²) >= 11 is 0. The molecule has 1 aliphatic heterocycles. The monoisotopic (exact) mass is 500 g/mol. The first-order valence-electron chi connectivity index (χ1n) is 12.6. The van der Waals surface area contributed by atoms with Gasteiger partial charge >= 0.3 is 0 Å². The number of rotatable bonds is 6. The fraction of sp³-hybridized carbons (Fsp3) is 0.345. The number of benzene rings is 1. The Bertz CT molecular complexity index is 1400. The Kier molecular flexibility index (Phi) is 6.69. The summed E-state index contributed by atoms with van der Waals surface area (Å²) < 4.78 is 18.0. The number of alkyl halides is 1. The molecule has 3 aromatic heterocycles. The van der Waals surface area contributed by atoms with Crippen LogP contribution in [0.15, 0.2) is 60.9 Å². The number of halogens is 1. The average molecular weight is 501 g/mol. The normalized spacial score (nSPS) is 15.6. The molecular formula is C29H33FN6O. The van der Waals surface area contributed by atoms with E-state index in [1.165, 1.54) is 4.90 Å². The SMILES string of the molecule is CNc1ccc(-c2ccnc3c2cc(CN2CCC(F)(c4ccc(C(=O)N(C)C)cc4)CC2)n3C)nc1. The highest BCUT2D eigenvalue weighted by Crippen LogP contribution is 2.38. The third-order valence-electron chi connectivity index (χ3n) is 7.45. The number of carbonyl (C=O) groups excluding carboxylic acids is 1. The molecule has 7 nitrogen and oxygen atoms in total. The second-order valence-electron chi connectivity index (χ2n) is 9.99. The van der Waals surface area contributed by atoms with Gasteiger partial charge in [0.05, 0.1) is 17.6 Å². The van der Waals surface area contributed by atoms with E-state index in [0.717, 1.165) is 40.2 Å². The van der Waals surface area contributed by atoms with Crippen molar-refractivity contribution in [3.05, 3.63) is 77.7 Å². The molecule has 192 valence electrons. The molecule has 0 radical (unpaired) electrons. The van der Waals surface area contributed by atoms with Gasteiger partial charge in [0.1, 0.15) is 11.3 Å². The van der Waals surface area contributed by atoms with Gasteiger partial charge in [-0.2, -0.15) is 0 Å². The van der Waals surface area contributed by atoms with E-state index in [4.69, 9.17) is 0 Å². The summed E-state index contributed by atoms with van der Waals surface area (Å²) in [5.41, 5.74) is 4.82. The minimum atomic E-state index is -1.38. The van der Waals surface area contributed by atoms with Crippen LogP contribution in [0, 0.1) is 0 Å². The number of aromatic nitrogens is 3. The lowest BCUT2D eigenvalue weighted by molar-refractivity contribution is 0.0517. The first kappa shape index (κ1) is 24.9. The highest BCUT2D eigenvalue weighted by Gasteiger charge is 2.36. The van der Waals surface area contributed by atoms with Gasteiger partial charge in [-0.15, -0.1) is 0 Å². The molecular weight excluding hydrogens is 467 g/mol. The summed E-state index contributed by atoms with van der Waals surface area (Å²) in [6.45, 7) is 2.04. The Morgan fingerprint density at radius 2 is 1.81 bits per heavy atom. The van der Waals surface area contributed by atoms with E-state index in [1.54, 1.807) is 38.4 Å². The van der Waals surface area contributed by atoms with Crippen LogP contribution >= 0.6 is 0 Å². The molecule has 8 heteroatoms. The van der Waals surface area contributed by atoms with Crippen LogP contribution < -0.4 is 5.32 Å². The van der Waals surface area contributed by atoms with Crippen LogP contribution in [-0.2, 0) is 19.3 Å². The molecule has 5 rings (SSSR count). The van der Waals surface area contributed by atoms with Gasteiger partial charge < -0.3 is 14.8 Å². The van der Waals surface area contributed by atoms with Crippen molar-refractivity contribution < 1.29 is 9.18 Å². The van der Waals surface area contributed by atoms with Gasteiger partial charge in [0.25, 0.3) is 5.91 Å². The zero-order valence-corrected chi connectivity index (χ0v) is 21.8. The second-order valence-corrected chi connectivity index (χ2v) is 9.99. The minimum absolute atomic E-state index is 0.0763. The number of fused-ring (bicyclic) bond motifs is 1. The molecule has 0 atom stereocenters. The molecule has 1 N–H and O–H groups in total. The summed E-state index contributed by atoms with van der Waals surface area (Å²) in [5, 5.41) is 4.17. The molecule has 0 unspecified atom stereocenters. The Morgan fingerprint density at radius 3 is 2.43 bits per heavy atom. The number of piperidine rings is 1. The van der Waals surface area contributed by atoms with Crippen LogP contribution in [0.2, 0.25) is 0 Å². The first-order chi connectivity index (χ1) is 17.8. The van der Waals surface area contributed by atoms with Gasteiger partial charge in [-0.3, -0.25) is 14.7 Å². The lowest BCUT2D eigenvalue weighted by Gasteiger charge is -2.36. The Morgan fingerprint density at radius 1 is 1.08 bits per heavy atom. The number of aryl methyl sites for hydroxylation is 1. The summed E-state index contributed by atoms with van der Waals surface area (Å²) in [4.78, 5) is 25.2. The lowest BCUT2D eigenvalue weighted by atomic mass is 9.85. The second kappa shape index (κ2) is 9.94. The first-order valence-corrected chi connectivity index (χ1v) is 12.6. The van der Waals surface area contributed by atoms with Crippen LogP contribution in [0.25, 0.3) is 22.3 Å². The Labute approximate surface area is 216 Å². The minimum Gasteiger partial charge on any atom is -0.387 e. The van der Waals surface area contributed by atoms with E-state index in [-0.39, 0.29) is 5.91 Å². The summed E-state index contributed by atoms with van der Waals surface area (Å²) in [6, 6.07) is 15.2. The summed E-state index contributed by atoms with van der Waals surface area (Å²) in [7, 11) is 7.34. The quantitative estimate of drug-likeness (QED) is 0.410. The maximum atomic E-state index is 15.9. The molecule has 0 saturated carbocycles. The fourth-order valence-electron chi connectivity index (χ4n) is 5.10. The number of amides is 1. The molecule has 1 fully saturated rings. The maximum absolute atomic E-state index is 15.9. The predicted octanol–water partition coefficient (Wildman–Crippen LogP) is 4.84. The topological polar surface area (TPSA) is 66.3 Å². The fourth-order valence-corrected chi connectivity index (χ4v) is 5.10. The van der Waals surface area contributed by atoms with E-state index in [0.29, 0.717) is 37.1 Å². The Balaban J connectivity index is 1.30. The van der Waals surface area contributed by atoms with E-state index in [1.807, 2.05) is 44.7 Å². The number of nitrogens with zero attached hydrogens (tertiary/aromatic N) is 5. The number of hydrogen-bond donors (Lipinski definition) is 1. The van der Waals surface area contributed by atoms with Crippen molar-refractivity contribution in [2.45, 2.75) is 25.1 Å². The number of likely N-dealkylation sites (tertiary alicyclic amines) is 1. The third kappa shape index (κ3) is 4.81. The maximum Gasteiger partial charge on any atom is 0.253 e. The van der Waals surface area contributed by atoms with E-state index >= 15 is 4.39 Å². The highest BCUT2D eigenvalue weighted by molar-refractivity contribution is 5.94. The van der Waals surface area contributed by atoms with Gasteiger partial charge in [-0.1, -0.05) is 12.1 Å². The van der Waals surface area contributed by atoms with Crippen LogP contribution in [0.3, 0.4) is 0 Å². The van der Waals surface area contributed by atoms with Crippen LogP contribution in [0.4, 0.5) is 10.1 Å². The molecule has 1 aromatic carbocycles. The summed E-state index contributed by atoms with van der Waals surface area (Å²) in [6.07, 6.45) is 4.49. The van der Waals surface area contributed by atoms with Crippen molar-refractivity contribution in [2.75, 3.05) is 39.5 Å². The molecule has 1 amide bonds. The van der Waals surface area contributed by atoms with Crippen LogP contribution in [0.5, 0.6) is 0 Å². The number of anilines is 1. The van der Waals surface area contributed by atoms with Gasteiger partial charge in [-0.05, 0) is 54.8 Å². The molecule has 1 saturated heterocycles. The van der Waals surface area contributed by atoms with Gasteiger partial charge in [0.15, 0.2) is 0 Å². The van der Waals surface area contributed by atoms with Crippen molar-refractivity contribution in [1.82, 2.24) is 24.3 Å². The van der Waals surface area contributed by atoms with Crippen LogP contribution in [-0.4, -0.2) is 64.5 Å². The van der Waals surface area contributed by atoms with Gasteiger partial charge in [0, 0.05) is 76.2 Å². The lowest BCUT2D eigenvalue weighted by Crippen LogP contribution is -2.40. The molecule has 4 aromatic rings. The largest absolute Gasteiger partial charge is 0.387 e. The van der Waals surface area contributed by atoms with Crippen molar-refractivity contribution in [1.29, 1.82) is 0 Å². The third-order valence-corrected chi connectivity index (χ3v) is 7.45. The molecule has 0 spiro atoms. The average Bonchev–Trinajstić information content (AvgIpc) is 3.24. The van der Waals surface area contributed by atoms with Crippen molar-refractivity contribution in [3.63, 3.8) is 0 Å².